The first-order chi connectivity index (χ1) is 13.6. The van der Waals surface area contributed by atoms with Crippen LogP contribution in [0.4, 0.5) is 11.5 Å². The summed E-state index contributed by atoms with van der Waals surface area (Å²) < 4.78 is 5.34. The second-order valence-electron chi connectivity index (χ2n) is 7.28. The lowest BCUT2D eigenvalue weighted by Gasteiger charge is -2.28. The van der Waals surface area contributed by atoms with Gasteiger partial charge < -0.3 is 15.0 Å². The van der Waals surface area contributed by atoms with E-state index < -0.39 is 0 Å². The van der Waals surface area contributed by atoms with Crippen molar-refractivity contribution in [3.8, 4) is 0 Å². The van der Waals surface area contributed by atoms with E-state index in [2.05, 4.69) is 15.2 Å². The molecule has 1 N–H and O–H groups in total. The fraction of sp³-hybridized carbons (Fsp3) is 0.500. The third-order valence-corrected chi connectivity index (χ3v) is 5.55. The quantitative estimate of drug-likeness (QED) is 0.606. The number of likely N-dealkylation sites (tertiary alicyclic amines) is 1. The number of nitrogens with zero attached hydrogens (tertiary/aromatic N) is 3. The first-order valence-corrected chi connectivity index (χ1v) is 9.72. The molecular formula is C20H24N4O4. The van der Waals surface area contributed by atoms with Gasteiger partial charge in [0.2, 0.25) is 17.7 Å². The summed E-state index contributed by atoms with van der Waals surface area (Å²) in [5.74, 6) is -0.621. The van der Waals surface area contributed by atoms with E-state index in [-0.39, 0.29) is 42.5 Å². The summed E-state index contributed by atoms with van der Waals surface area (Å²) in [6, 6.07) is 3.67. The van der Waals surface area contributed by atoms with Gasteiger partial charge in [-0.05, 0) is 25.0 Å². The van der Waals surface area contributed by atoms with Crippen molar-refractivity contribution in [1.82, 2.24) is 9.88 Å². The minimum atomic E-state index is -0.264. The van der Waals surface area contributed by atoms with Gasteiger partial charge in [0.05, 0.1) is 36.9 Å². The van der Waals surface area contributed by atoms with Crippen LogP contribution in [0.3, 0.4) is 0 Å². The van der Waals surface area contributed by atoms with Crippen molar-refractivity contribution >= 4 is 29.2 Å². The molecule has 2 atom stereocenters. The highest BCUT2D eigenvalue weighted by Crippen LogP contribution is 2.35. The number of rotatable bonds is 5. The van der Waals surface area contributed by atoms with Gasteiger partial charge >= 0.3 is 0 Å². The molecule has 2 aliphatic heterocycles. The number of amides is 3. The van der Waals surface area contributed by atoms with Crippen LogP contribution in [-0.4, -0.2) is 60.5 Å². The van der Waals surface area contributed by atoms with Gasteiger partial charge in [-0.2, -0.15) is 0 Å². The molecule has 2 saturated heterocycles. The van der Waals surface area contributed by atoms with Crippen LogP contribution in [0.5, 0.6) is 0 Å². The van der Waals surface area contributed by atoms with Crippen molar-refractivity contribution in [2.45, 2.75) is 19.3 Å². The zero-order chi connectivity index (χ0) is 19.5. The van der Waals surface area contributed by atoms with Crippen LogP contribution in [0.1, 0.15) is 19.3 Å². The third-order valence-electron chi connectivity index (χ3n) is 5.55. The van der Waals surface area contributed by atoms with Gasteiger partial charge in [0, 0.05) is 26.1 Å². The number of aromatic nitrogens is 1. The second-order valence-corrected chi connectivity index (χ2v) is 7.28. The van der Waals surface area contributed by atoms with E-state index in [0.29, 0.717) is 31.9 Å². The lowest BCUT2D eigenvalue weighted by Crippen LogP contribution is -2.36. The van der Waals surface area contributed by atoms with Crippen molar-refractivity contribution in [1.29, 1.82) is 0 Å². The summed E-state index contributed by atoms with van der Waals surface area (Å²) in [6.45, 7) is 3.16. The van der Waals surface area contributed by atoms with Gasteiger partial charge in [-0.1, -0.05) is 12.2 Å². The maximum atomic E-state index is 12.4. The Kier molecular flexibility index (Phi) is 5.38. The molecule has 1 aromatic rings. The minimum absolute atomic E-state index is 0.0667. The molecule has 0 aromatic carbocycles. The number of carbonyl (C=O) groups excluding carboxylic acids is 3. The molecule has 8 heteroatoms. The molecule has 3 aliphatic rings. The van der Waals surface area contributed by atoms with Crippen LogP contribution in [0.15, 0.2) is 30.5 Å². The normalized spacial score (nSPS) is 24.4. The maximum Gasteiger partial charge on any atom is 0.233 e. The molecule has 3 heterocycles. The highest BCUT2D eigenvalue weighted by molar-refractivity contribution is 6.05. The standard InChI is InChI=1S/C20H24N4O4/c25-18(7-8-24-19(26)15-3-1-2-4-16(15)20(24)27)22-17-6-5-14(13-21-17)23-9-11-28-12-10-23/h1-2,5-6,13,15-16H,3-4,7-12H2,(H,21,22,25)/t15-,16-/m0/s1. The molecule has 1 aromatic heterocycles. The first kappa shape index (κ1) is 18.6. The Morgan fingerprint density at radius 3 is 2.39 bits per heavy atom. The van der Waals surface area contributed by atoms with E-state index in [1.54, 1.807) is 12.3 Å². The zero-order valence-corrected chi connectivity index (χ0v) is 15.7. The van der Waals surface area contributed by atoms with Crippen LogP contribution in [0.2, 0.25) is 0 Å². The number of ether oxygens (including phenoxy) is 1. The average Bonchev–Trinajstić information content (AvgIpc) is 2.98. The van der Waals surface area contributed by atoms with E-state index >= 15 is 0 Å². The number of anilines is 2. The number of pyridine rings is 1. The zero-order valence-electron chi connectivity index (χ0n) is 15.7. The van der Waals surface area contributed by atoms with Crippen LogP contribution >= 0.6 is 0 Å². The second kappa shape index (κ2) is 8.10. The fourth-order valence-electron chi connectivity index (χ4n) is 3.98. The van der Waals surface area contributed by atoms with Gasteiger partial charge in [0.25, 0.3) is 0 Å². The largest absolute Gasteiger partial charge is 0.378 e. The smallest absolute Gasteiger partial charge is 0.233 e. The molecule has 0 saturated carbocycles. The molecule has 3 amide bonds. The van der Waals surface area contributed by atoms with E-state index in [1.165, 1.54) is 4.90 Å². The topological polar surface area (TPSA) is 91.8 Å². The average molecular weight is 384 g/mol. The number of morpholine rings is 1. The summed E-state index contributed by atoms with van der Waals surface area (Å²) in [5, 5.41) is 2.73. The van der Waals surface area contributed by atoms with Gasteiger partial charge in [0.1, 0.15) is 5.82 Å². The number of nitrogens with one attached hydrogen (secondary N) is 1. The Morgan fingerprint density at radius 2 is 1.79 bits per heavy atom. The molecule has 28 heavy (non-hydrogen) atoms. The van der Waals surface area contributed by atoms with Crippen LogP contribution in [0.25, 0.3) is 0 Å². The maximum absolute atomic E-state index is 12.4. The molecule has 0 spiro atoms. The number of carbonyl (C=O) groups is 3. The van der Waals surface area contributed by atoms with Crippen molar-refractivity contribution in [3.63, 3.8) is 0 Å². The summed E-state index contributed by atoms with van der Waals surface area (Å²) in [7, 11) is 0. The molecule has 1 aliphatic carbocycles. The highest BCUT2D eigenvalue weighted by atomic mass is 16.5. The molecule has 4 rings (SSSR count). The number of imide groups is 1. The van der Waals surface area contributed by atoms with Crippen molar-refractivity contribution < 1.29 is 19.1 Å². The molecular weight excluding hydrogens is 360 g/mol. The summed E-state index contributed by atoms with van der Waals surface area (Å²) in [5.41, 5.74) is 0.991. The molecule has 0 radical (unpaired) electrons. The highest BCUT2D eigenvalue weighted by Gasteiger charge is 2.46. The predicted molar refractivity (Wildman–Crippen MR) is 103 cm³/mol. The third kappa shape index (κ3) is 3.77. The molecule has 8 nitrogen and oxygen atoms in total. The van der Waals surface area contributed by atoms with Crippen molar-refractivity contribution in [2.24, 2.45) is 11.8 Å². The molecule has 2 fully saturated rings. The first-order valence-electron chi connectivity index (χ1n) is 9.72. The Balaban J connectivity index is 1.29. The Labute approximate surface area is 163 Å². The fourth-order valence-corrected chi connectivity index (χ4v) is 3.98. The molecule has 0 bridgehead atoms. The van der Waals surface area contributed by atoms with E-state index in [0.717, 1.165) is 18.8 Å². The lowest BCUT2D eigenvalue weighted by atomic mass is 9.85. The number of allylic oxidation sites excluding steroid dienone is 2. The number of hydrogen-bond donors (Lipinski definition) is 1. The van der Waals surface area contributed by atoms with E-state index in [9.17, 15) is 14.4 Å². The van der Waals surface area contributed by atoms with Gasteiger partial charge in [-0.3, -0.25) is 19.3 Å². The van der Waals surface area contributed by atoms with Crippen LogP contribution < -0.4 is 10.2 Å². The summed E-state index contributed by atoms with van der Waals surface area (Å²) in [4.78, 5) is 44.8. The van der Waals surface area contributed by atoms with Gasteiger partial charge in [-0.15, -0.1) is 0 Å². The number of fused-ring (bicyclic) bond motifs is 1. The predicted octanol–water partition coefficient (Wildman–Crippen LogP) is 1.20. The molecule has 148 valence electrons. The van der Waals surface area contributed by atoms with E-state index in [1.807, 2.05) is 18.2 Å². The summed E-state index contributed by atoms with van der Waals surface area (Å²) in [6.07, 6.45) is 6.92. The SMILES string of the molecule is O=C(CCN1C(=O)[C@H]2CC=CC[C@@H]2C1=O)Nc1ccc(N2CCOCC2)cn1. The molecule has 0 unspecified atom stereocenters. The van der Waals surface area contributed by atoms with Crippen molar-refractivity contribution in [2.75, 3.05) is 43.1 Å². The Hall–Kier alpha value is -2.74. The Bertz CT molecular complexity index is 760. The van der Waals surface area contributed by atoms with Crippen LogP contribution in [0, 0.1) is 11.8 Å². The van der Waals surface area contributed by atoms with Crippen molar-refractivity contribution in [3.05, 3.63) is 30.5 Å². The van der Waals surface area contributed by atoms with Gasteiger partial charge in [0.15, 0.2) is 0 Å². The lowest BCUT2D eigenvalue weighted by molar-refractivity contribution is -0.140. The van der Waals surface area contributed by atoms with E-state index in [4.69, 9.17) is 4.74 Å². The number of hydrogen-bond acceptors (Lipinski definition) is 6. The monoisotopic (exact) mass is 384 g/mol. The Morgan fingerprint density at radius 1 is 1.11 bits per heavy atom. The van der Waals surface area contributed by atoms with Gasteiger partial charge in [-0.25, -0.2) is 4.98 Å². The summed E-state index contributed by atoms with van der Waals surface area (Å²) >= 11 is 0. The minimum Gasteiger partial charge on any atom is -0.378 e. The van der Waals surface area contributed by atoms with Crippen LogP contribution in [-0.2, 0) is 19.1 Å².